The number of amides is 1. The van der Waals surface area contributed by atoms with Crippen molar-refractivity contribution in [3.8, 4) is 17.2 Å². The maximum absolute atomic E-state index is 12.4. The fraction of sp³-hybridized carbons (Fsp3) is 0.500. The Kier molecular flexibility index (Phi) is 6.13. The molecule has 0 spiro atoms. The summed E-state index contributed by atoms with van der Waals surface area (Å²) in [5.74, 6) is 1.66. The minimum atomic E-state index is -0.293. The number of carbonyl (C=O) groups excluding carboxylic acids is 1. The normalized spacial score (nSPS) is 16.1. The third-order valence-corrected chi connectivity index (χ3v) is 5.09. The first-order valence-corrected chi connectivity index (χ1v) is 9.11. The van der Waals surface area contributed by atoms with Gasteiger partial charge < -0.3 is 24.3 Å². The maximum atomic E-state index is 12.4. The van der Waals surface area contributed by atoms with Crippen molar-refractivity contribution in [3.05, 3.63) is 35.7 Å². The highest BCUT2D eigenvalue weighted by Gasteiger charge is 2.32. The van der Waals surface area contributed by atoms with Gasteiger partial charge in [0.05, 0.1) is 25.8 Å². The molecule has 0 bridgehead atoms. The number of carbonyl (C=O) groups is 1. The van der Waals surface area contributed by atoms with Crippen LogP contribution in [0.3, 0.4) is 0 Å². The zero-order chi connectivity index (χ0) is 19.3. The number of nitrogens with zero attached hydrogens (tertiary/aromatic N) is 1. The number of ether oxygens (including phenoxy) is 2. The Morgan fingerprint density at radius 1 is 1.37 bits per heavy atom. The summed E-state index contributed by atoms with van der Waals surface area (Å²) >= 11 is 0. The molecule has 1 amide bonds. The third-order valence-electron chi connectivity index (χ3n) is 5.09. The van der Waals surface area contributed by atoms with Crippen molar-refractivity contribution in [2.75, 3.05) is 33.5 Å². The number of aliphatic hydroxyl groups excluding tert-OH is 1. The van der Waals surface area contributed by atoms with E-state index in [0.717, 1.165) is 18.4 Å². The van der Waals surface area contributed by atoms with Crippen LogP contribution in [0.2, 0.25) is 0 Å². The van der Waals surface area contributed by atoms with Crippen LogP contribution in [0.25, 0.3) is 11.5 Å². The molecule has 1 fully saturated rings. The summed E-state index contributed by atoms with van der Waals surface area (Å²) in [6.45, 7) is 3.50. The topological polar surface area (TPSA) is 93.8 Å². The molecular formula is C20H26N2O5. The summed E-state index contributed by atoms with van der Waals surface area (Å²) in [5.41, 5.74) is 1.11. The molecule has 1 aliphatic heterocycles. The second-order valence-corrected chi connectivity index (χ2v) is 6.98. The second kappa shape index (κ2) is 8.54. The first kappa shape index (κ1) is 19.4. The zero-order valence-corrected chi connectivity index (χ0v) is 15.8. The Morgan fingerprint density at radius 2 is 2.15 bits per heavy atom. The first-order valence-electron chi connectivity index (χ1n) is 9.11. The van der Waals surface area contributed by atoms with Crippen molar-refractivity contribution in [1.29, 1.82) is 0 Å². The lowest BCUT2D eigenvalue weighted by atomic mass is 9.81. The van der Waals surface area contributed by atoms with E-state index in [-0.39, 0.29) is 24.3 Å². The molecule has 0 unspecified atom stereocenters. The minimum Gasteiger partial charge on any atom is -0.497 e. The SMILES string of the molecule is COc1cccc(-c2nc(CC(=O)NCC3(CO)CCOCC3)c(C)o2)c1. The molecule has 2 heterocycles. The van der Waals surface area contributed by atoms with Gasteiger partial charge in [0.25, 0.3) is 0 Å². The lowest BCUT2D eigenvalue weighted by Crippen LogP contribution is -2.44. The van der Waals surface area contributed by atoms with E-state index >= 15 is 0 Å². The van der Waals surface area contributed by atoms with Crippen molar-refractivity contribution in [1.82, 2.24) is 10.3 Å². The molecule has 146 valence electrons. The number of hydrogen-bond acceptors (Lipinski definition) is 6. The third kappa shape index (κ3) is 4.67. The molecule has 1 aromatic heterocycles. The number of aryl methyl sites for hydroxylation is 1. The van der Waals surface area contributed by atoms with Gasteiger partial charge in [-0.3, -0.25) is 4.79 Å². The van der Waals surface area contributed by atoms with Crippen LogP contribution in [0.1, 0.15) is 24.3 Å². The van der Waals surface area contributed by atoms with E-state index in [1.807, 2.05) is 24.3 Å². The van der Waals surface area contributed by atoms with Gasteiger partial charge in [0.15, 0.2) is 0 Å². The summed E-state index contributed by atoms with van der Waals surface area (Å²) in [6, 6.07) is 7.43. The van der Waals surface area contributed by atoms with Crippen LogP contribution in [0.4, 0.5) is 0 Å². The molecule has 7 nitrogen and oxygen atoms in total. The van der Waals surface area contributed by atoms with E-state index in [4.69, 9.17) is 13.9 Å². The number of methoxy groups -OCH3 is 1. The van der Waals surface area contributed by atoms with Gasteiger partial charge in [0.1, 0.15) is 11.5 Å². The van der Waals surface area contributed by atoms with Gasteiger partial charge in [-0.2, -0.15) is 0 Å². The number of aliphatic hydroxyl groups is 1. The van der Waals surface area contributed by atoms with Crippen LogP contribution < -0.4 is 10.1 Å². The average Bonchev–Trinajstić information content (AvgIpc) is 3.07. The molecule has 7 heteroatoms. The molecule has 27 heavy (non-hydrogen) atoms. The van der Waals surface area contributed by atoms with Gasteiger partial charge in [-0.1, -0.05) is 6.07 Å². The van der Waals surface area contributed by atoms with E-state index < -0.39 is 0 Å². The predicted octanol–water partition coefficient (Wildman–Crippen LogP) is 2.11. The van der Waals surface area contributed by atoms with Gasteiger partial charge in [-0.05, 0) is 38.0 Å². The number of aromatic nitrogens is 1. The minimum absolute atomic E-state index is 0.0413. The van der Waals surface area contributed by atoms with E-state index in [1.54, 1.807) is 14.0 Å². The number of benzene rings is 1. The average molecular weight is 374 g/mol. The van der Waals surface area contributed by atoms with Gasteiger partial charge in [-0.25, -0.2) is 4.98 Å². The zero-order valence-electron chi connectivity index (χ0n) is 15.8. The van der Waals surface area contributed by atoms with E-state index in [0.29, 0.717) is 42.9 Å². The van der Waals surface area contributed by atoms with Crippen LogP contribution in [0, 0.1) is 12.3 Å². The van der Waals surface area contributed by atoms with Gasteiger partial charge in [-0.15, -0.1) is 0 Å². The van der Waals surface area contributed by atoms with Crippen LogP contribution in [-0.2, 0) is 16.0 Å². The molecule has 2 N–H and O–H groups in total. The number of oxazole rings is 1. The fourth-order valence-corrected chi connectivity index (χ4v) is 3.17. The van der Waals surface area contributed by atoms with Crippen molar-refractivity contribution in [2.45, 2.75) is 26.2 Å². The Labute approximate surface area is 158 Å². The Balaban J connectivity index is 1.63. The largest absolute Gasteiger partial charge is 0.497 e. The lowest BCUT2D eigenvalue weighted by Gasteiger charge is -2.35. The smallest absolute Gasteiger partial charge is 0.226 e. The monoisotopic (exact) mass is 374 g/mol. The summed E-state index contributed by atoms with van der Waals surface area (Å²) < 4.78 is 16.3. The first-order chi connectivity index (χ1) is 13.0. The van der Waals surface area contributed by atoms with Crippen LogP contribution in [-0.4, -0.2) is 49.5 Å². The van der Waals surface area contributed by atoms with Gasteiger partial charge >= 0.3 is 0 Å². The molecular weight excluding hydrogens is 348 g/mol. The summed E-state index contributed by atoms with van der Waals surface area (Å²) in [6.07, 6.45) is 1.62. The van der Waals surface area contributed by atoms with Crippen LogP contribution >= 0.6 is 0 Å². The van der Waals surface area contributed by atoms with E-state index in [9.17, 15) is 9.90 Å². The molecule has 0 aliphatic carbocycles. The molecule has 0 radical (unpaired) electrons. The highest BCUT2D eigenvalue weighted by atomic mass is 16.5. The molecule has 3 rings (SSSR count). The van der Waals surface area contributed by atoms with Gasteiger partial charge in [0.2, 0.25) is 11.8 Å². The molecule has 0 atom stereocenters. The Bertz CT molecular complexity index is 780. The molecule has 0 saturated carbocycles. The molecule has 1 saturated heterocycles. The standard InChI is InChI=1S/C20H26N2O5/c1-14-17(22-19(27-14)15-4-3-5-16(10-15)25-2)11-18(24)21-12-20(13-23)6-8-26-9-7-20/h3-5,10,23H,6-9,11-13H2,1-2H3,(H,21,24). The van der Waals surface area contributed by atoms with Crippen molar-refractivity contribution in [2.24, 2.45) is 5.41 Å². The maximum Gasteiger partial charge on any atom is 0.226 e. The molecule has 1 aromatic carbocycles. The second-order valence-electron chi connectivity index (χ2n) is 6.98. The molecule has 2 aromatic rings. The summed E-state index contributed by atoms with van der Waals surface area (Å²) in [7, 11) is 1.60. The van der Waals surface area contributed by atoms with Crippen molar-refractivity contribution >= 4 is 5.91 Å². The Morgan fingerprint density at radius 3 is 2.85 bits per heavy atom. The van der Waals surface area contributed by atoms with E-state index in [2.05, 4.69) is 10.3 Å². The molecule has 1 aliphatic rings. The Hall–Kier alpha value is -2.38. The van der Waals surface area contributed by atoms with Crippen molar-refractivity contribution in [3.63, 3.8) is 0 Å². The number of hydrogen-bond donors (Lipinski definition) is 2. The highest BCUT2D eigenvalue weighted by Crippen LogP contribution is 2.29. The number of rotatable bonds is 7. The van der Waals surface area contributed by atoms with E-state index in [1.165, 1.54) is 0 Å². The van der Waals surface area contributed by atoms with Crippen molar-refractivity contribution < 1.29 is 23.8 Å². The number of nitrogens with one attached hydrogen (secondary N) is 1. The van der Waals surface area contributed by atoms with Crippen LogP contribution in [0.15, 0.2) is 28.7 Å². The lowest BCUT2D eigenvalue weighted by molar-refractivity contribution is -0.121. The predicted molar refractivity (Wildman–Crippen MR) is 99.5 cm³/mol. The van der Waals surface area contributed by atoms with Gasteiger partial charge in [0, 0.05) is 30.7 Å². The summed E-state index contributed by atoms with van der Waals surface area (Å²) in [5, 5.41) is 12.6. The summed E-state index contributed by atoms with van der Waals surface area (Å²) in [4.78, 5) is 16.9. The fourth-order valence-electron chi connectivity index (χ4n) is 3.17. The highest BCUT2D eigenvalue weighted by molar-refractivity contribution is 5.78. The van der Waals surface area contributed by atoms with Crippen LogP contribution in [0.5, 0.6) is 5.75 Å². The quantitative estimate of drug-likeness (QED) is 0.771.